The molecule has 0 saturated carbocycles. The molecule has 152 valence electrons. The molecule has 3 aromatic carbocycles. The van der Waals surface area contributed by atoms with Gasteiger partial charge in [0, 0.05) is 34.9 Å². The third kappa shape index (κ3) is 4.57. The molecule has 0 radical (unpaired) electrons. The van der Waals surface area contributed by atoms with Crippen LogP contribution in [0.15, 0.2) is 84.6 Å². The van der Waals surface area contributed by atoms with E-state index in [1.165, 1.54) is 11.1 Å². The maximum absolute atomic E-state index is 12.7. The highest BCUT2D eigenvalue weighted by molar-refractivity contribution is 6.10. The largest absolute Gasteiger partial charge is 0.342 e. The Bertz CT molecular complexity index is 1340. The number of anilines is 1. The smallest absolute Gasteiger partial charge is 0.266 e. The molecule has 1 N–H and O–H groups in total. The van der Waals surface area contributed by atoms with Crippen LogP contribution >= 0.6 is 0 Å². The van der Waals surface area contributed by atoms with Gasteiger partial charge in [0.2, 0.25) is 0 Å². The van der Waals surface area contributed by atoms with E-state index in [2.05, 4.69) is 53.2 Å². The van der Waals surface area contributed by atoms with E-state index in [-0.39, 0.29) is 5.57 Å². The molecule has 0 aliphatic heterocycles. The summed E-state index contributed by atoms with van der Waals surface area (Å²) in [5, 5.41) is 13.5. The van der Waals surface area contributed by atoms with Gasteiger partial charge in [-0.1, -0.05) is 60.2 Å². The van der Waals surface area contributed by atoms with Crippen molar-refractivity contribution in [3.8, 4) is 6.07 Å². The minimum atomic E-state index is -0.413. The number of aromatic nitrogens is 1. The molecule has 4 aromatic rings. The molecule has 1 aromatic heterocycles. The number of nitrogens with zero attached hydrogens (tertiary/aromatic N) is 2. The summed E-state index contributed by atoms with van der Waals surface area (Å²) in [6.07, 6.45) is 3.67. The van der Waals surface area contributed by atoms with E-state index in [0.29, 0.717) is 12.2 Å². The topological polar surface area (TPSA) is 57.8 Å². The van der Waals surface area contributed by atoms with E-state index in [9.17, 15) is 10.1 Å². The fourth-order valence-electron chi connectivity index (χ4n) is 3.75. The van der Waals surface area contributed by atoms with Crippen LogP contribution in [0.3, 0.4) is 0 Å². The van der Waals surface area contributed by atoms with Gasteiger partial charge in [-0.05, 0) is 49.2 Å². The second kappa shape index (κ2) is 8.73. The van der Waals surface area contributed by atoms with Crippen molar-refractivity contribution in [1.29, 1.82) is 5.26 Å². The zero-order valence-corrected chi connectivity index (χ0v) is 17.6. The average molecular weight is 406 g/mol. The van der Waals surface area contributed by atoms with Crippen LogP contribution < -0.4 is 5.32 Å². The predicted molar refractivity (Wildman–Crippen MR) is 126 cm³/mol. The van der Waals surface area contributed by atoms with E-state index in [4.69, 9.17) is 0 Å². The first kappa shape index (κ1) is 20.2. The lowest BCUT2D eigenvalue weighted by atomic mass is 10.1. The number of rotatable bonds is 5. The molecule has 0 spiro atoms. The van der Waals surface area contributed by atoms with Crippen LogP contribution in [0.2, 0.25) is 0 Å². The molecule has 0 saturated heterocycles. The molecule has 0 unspecified atom stereocenters. The molecule has 4 heteroatoms. The molecule has 0 fully saturated rings. The van der Waals surface area contributed by atoms with Gasteiger partial charge in [-0.15, -0.1) is 0 Å². The summed E-state index contributed by atoms with van der Waals surface area (Å²) in [4.78, 5) is 12.7. The monoisotopic (exact) mass is 405 g/mol. The number of benzene rings is 3. The van der Waals surface area contributed by atoms with E-state index >= 15 is 0 Å². The Kier molecular flexibility index (Phi) is 5.68. The van der Waals surface area contributed by atoms with E-state index in [1.54, 1.807) is 6.08 Å². The van der Waals surface area contributed by atoms with Crippen LogP contribution in [0.4, 0.5) is 5.69 Å². The normalized spacial score (nSPS) is 11.3. The van der Waals surface area contributed by atoms with Gasteiger partial charge in [-0.3, -0.25) is 4.79 Å². The number of hydrogen-bond donors (Lipinski definition) is 1. The van der Waals surface area contributed by atoms with Crippen molar-refractivity contribution < 1.29 is 4.79 Å². The molecule has 0 atom stereocenters. The summed E-state index contributed by atoms with van der Waals surface area (Å²) in [5.41, 5.74) is 6.11. The third-order valence-electron chi connectivity index (χ3n) is 5.20. The first-order valence-electron chi connectivity index (χ1n) is 10.2. The van der Waals surface area contributed by atoms with Gasteiger partial charge in [-0.2, -0.15) is 5.26 Å². The van der Waals surface area contributed by atoms with Gasteiger partial charge in [-0.25, -0.2) is 0 Å². The Balaban J connectivity index is 1.68. The summed E-state index contributed by atoms with van der Waals surface area (Å²) < 4.78 is 2.16. The molecule has 31 heavy (non-hydrogen) atoms. The fraction of sp³-hybridized carbons (Fsp3) is 0.111. The number of para-hydroxylation sites is 1. The Labute approximate surface area is 182 Å². The summed E-state index contributed by atoms with van der Waals surface area (Å²) in [6, 6.07) is 26.0. The number of amides is 1. The Hall–Kier alpha value is -4.10. The highest BCUT2D eigenvalue weighted by atomic mass is 16.1. The van der Waals surface area contributed by atoms with Gasteiger partial charge in [0.15, 0.2) is 0 Å². The standard InChI is InChI=1S/C27H23N3O/c1-19-7-5-9-21(13-19)17-30-18-23(25-11-3-4-12-26(25)30)15-22(16-28)27(31)29-24-10-6-8-20(2)14-24/h3-15,18H,17H2,1-2H3,(H,29,31)/b22-15+. The lowest BCUT2D eigenvalue weighted by molar-refractivity contribution is -0.112. The summed E-state index contributed by atoms with van der Waals surface area (Å²) in [6.45, 7) is 4.75. The maximum atomic E-state index is 12.7. The second-order valence-corrected chi connectivity index (χ2v) is 7.71. The van der Waals surface area contributed by atoms with Gasteiger partial charge in [0.25, 0.3) is 5.91 Å². The zero-order chi connectivity index (χ0) is 21.8. The van der Waals surface area contributed by atoms with E-state index < -0.39 is 5.91 Å². The number of fused-ring (bicyclic) bond motifs is 1. The molecular formula is C27H23N3O. The van der Waals surface area contributed by atoms with Gasteiger partial charge >= 0.3 is 0 Å². The molecule has 0 aliphatic rings. The van der Waals surface area contributed by atoms with E-state index in [0.717, 1.165) is 22.0 Å². The van der Waals surface area contributed by atoms with Crippen molar-refractivity contribution in [3.05, 3.63) is 107 Å². The number of nitrogens with one attached hydrogen (secondary N) is 1. The van der Waals surface area contributed by atoms with Crippen LogP contribution in [0.5, 0.6) is 0 Å². The van der Waals surface area contributed by atoms with Crippen molar-refractivity contribution in [2.45, 2.75) is 20.4 Å². The van der Waals surface area contributed by atoms with Crippen LogP contribution in [0, 0.1) is 25.2 Å². The highest BCUT2D eigenvalue weighted by Crippen LogP contribution is 2.25. The zero-order valence-electron chi connectivity index (χ0n) is 17.6. The van der Waals surface area contributed by atoms with Crippen LogP contribution in [-0.2, 0) is 11.3 Å². The van der Waals surface area contributed by atoms with Crippen molar-refractivity contribution in [2.75, 3.05) is 5.32 Å². The lowest BCUT2D eigenvalue weighted by Gasteiger charge is -2.06. The summed E-state index contributed by atoms with van der Waals surface area (Å²) in [5.74, 6) is -0.413. The molecule has 4 nitrogen and oxygen atoms in total. The molecular weight excluding hydrogens is 382 g/mol. The SMILES string of the molecule is Cc1cccc(Cn2cc(/C=C(\C#N)C(=O)Nc3cccc(C)c3)c3ccccc32)c1. The molecule has 1 heterocycles. The highest BCUT2D eigenvalue weighted by Gasteiger charge is 2.13. The molecule has 1 amide bonds. The van der Waals surface area contributed by atoms with Gasteiger partial charge < -0.3 is 9.88 Å². The van der Waals surface area contributed by atoms with Crippen LogP contribution in [-0.4, -0.2) is 10.5 Å². The quantitative estimate of drug-likeness (QED) is 0.334. The lowest BCUT2D eigenvalue weighted by Crippen LogP contribution is -2.13. The van der Waals surface area contributed by atoms with Crippen molar-refractivity contribution in [3.63, 3.8) is 0 Å². The first-order valence-corrected chi connectivity index (χ1v) is 10.2. The number of carbonyl (C=O) groups excluding carboxylic acids is 1. The average Bonchev–Trinajstić information content (AvgIpc) is 3.09. The van der Waals surface area contributed by atoms with Gasteiger partial charge in [0.1, 0.15) is 11.6 Å². The molecule has 0 bridgehead atoms. The number of nitriles is 1. The van der Waals surface area contributed by atoms with Crippen LogP contribution in [0.1, 0.15) is 22.3 Å². The number of carbonyl (C=O) groups is 1. The predicted octanol–water partition coefficient (Wildman–Crippen LogP) is 5.85. The minimum absolute atomic E-state index is 0.0694. The Morgan fingerprint density at radius 3 is 2.48 bits per heavy atom. The first-order chi connectivity index (χ1) is 15.0. The summed E-state index contributed by atoms with van der Waals surface area (Å²) >= 11 is 0. The van der Waals surface area contributed by atoms with E-state index in [1.807, 2.05) is 55.6 Å². The van der Waals surface area contributed by atoms with Crippen molar-refractivity contribution in [1.82, 2.24) is 4.57 Å². The Morgan fingerprint density at radius 2 is 1.74 bits per heavy atom. The van der Waals surface area contributed by atoms with Crippen molar-refractivity contribution >= 4 is 28.6 Å². The number of aryl methyl sites for hydroxylation is 2. The maximum Gasteiger partial charge on any atom is 0.266 e. The van der Waals surface area contributed by atoms with Gasteiger partial charge in [0.05, 0.1) is 0 Å². The number of hydrogen-bond acceptors (Lipinski definition) is 2. The molecule has 0 aliphatic carbocycles. The minimum Gasteiger partial charge on any atom is -0.342 e. The second-order valence-electron chi connectivity index (χ2n) is 7.71. The molecule has 4 rings (SSSR count). The third-order valence-corrected chi connectivity index (χ3v) is 5.20. The fourth-order valence-corrected chi connectivity index (χ4v) is 3.75. The Morgan fingerprint density at radius 1 is 1.00 bits per heavy atom. The van der Waals surface area contributed by atoms with Crippen molar-refractivity contribution in [2.24, 2.45) is 0 Å². The summed E-state index contributed by atoms with van der Waals surface area (Å²) in [7, 11) is 0. The van der Waals surface area contributed by atoms with Crippen LogP contribution in [0.25, 0.3) is 17.0 Å².